The van der Waals surface area contributed by atoms with Crippen molar-refractivity contribution in [2.45, 2.75) is 6.18 Å². The average Bonchev–Trinajstić information content (AvgIpc) is 2.31. The molecule has 4 nitrogen and oxygen atoms in total. The Morgan fingerprint density at radius 3 is 2.42 bits per heavy atom. The number of pyridine rings is 1. The lowest BCUT2D eigenvalue weighted by molar-refractivity contribution is -0.137. The number of carbonyl (C=O) groups excluding carboxylic acids is 1. The molecule has 2 rings (SSSR count). The van der Waals surface area contributed by atoms with Crippen LogP contribution in [0.1, 0.15) is 15.9 Å². The first-order valence-corrected chi connectivity index (χ1v) is 5.22. The third-order valence-electron chi connectivity index (χ3n) is 2.82. The number of primary amides is 1. The number of hydrogen-bond donors (Lipinski definition) is 1. The van der Waals surface area contributed by atoms with Crippen LogP contribution in [-0.4, -0.2) is 10.5 Å². The molecule has 0 aliphatic rings. The molecule has 100 valence electrons. The fourth-order valence-electron chi connectivity index (χ4n) is 1.82. The van der Waals surface area contributed by atoms with E-state index in [1.54, 1.807) is 0 Å². The summed E-state index contributed by atoms with van der Waals surface area (Å²) in [5.74, 6) is -0.914. The highest BCUT2D eigenvalue weighted by Gasteiger charge is 2.30. The zero-order valence-corrected chi connectivity index (χ0v) is 9.78. The van der Waals surface area contributed by atoms with Crippen molar-refractivity contribution in [2.75, 3.05) is 0 Å². The molecule has 0 fully saturated rings. The molecule has 19 heavy (non-hydrogen) atoms. The van der Waals surface area contributed by atoms with E-state index in [1.807, 2.05) is 0 Å². The standard InChI is InChI=1S/C12H9F3N2O2/c1-17-9-5-7(12(13,14)15)3-2-6(9)4-8(10(16)18)11(17)19/h2-5H,1H3,(H2,16,18). The van der Waals surface area contributed by atoms with E-state index in [4.69, 9.17) is 5.73 Å². The van der Waals surface area contributed by atoms with Crippen LogP contribution >= 0.6 is 0 Å². The Morgan fingerprint density at radius 1 is 1.26 bits per heavy atom. The molecular weight excluding hydrogens is 261 g/mol. The lowest BCUT2D eigenvalue weighted by Gasteiger charge is -2.11. The monoisotopic (exact) mass is 270 g/mol. The van der Waals surface area contributed by atoms with E-state index in [0.717, 1.165) is 16.7 Å². The van der Waals surface area contributed by atoms with Crippen LogP contribution in [0, 0.1) is 0 Å². The van der Waals surface area contributed by atoms with Gasteiger partial charge in [0.15, 0.2) is 0 Å². The van der Waals surface area contributed by atoms with Crippen LogP contribution in [0.15, 0.2) is 29.1 Å². The third kappa shape index (κ3) is 2.18. The summed E-state index contributed by atoms with van der Waals surface area (Å²) in [6, 6.07) is 4.14. The van der Waals surface area contributed by atoms with Gasteiger partial charge in [0.2, 0.25) is 0 Å². The third-order valence-corrected chi connectivity index (χ3v) is 2.82. The zero-order chi connectivity index (χ0) is 14.4. The highest BCUT2D eigenvalue weighted by atomic mass is 19.4. The second-order valence-corrected chi connectivity index (χ2v) is 4.06. The molecule has 0 saturated heterocycles. The van der Waals surface area contributed by atoms with Crippen molar-refractivity contribution >= 4 is 16.8 Å². The van der Waals surface area contributed by atoms with Crippen LogP contribution in [0.25, 0.3) is 10.9 Å². The van der Waals surface area contributed by atoms with Gasteiger partial charge in [0.1, 0.15) is 5.56 Å². The predicted octanol–water partition coefficient (Wildman–Crippen LogP) is 1.66. The van der Waals surface area contributed by atoms with Gasteiger partial charge in [0.05, 0.1) is 11.1 Å². The van der Waals surface area contributed by atoms with Crippen LogP contribution < -0.4 is 11.3 Å². The van der Waals surface area contributed by atoms with Crippen molar-refractivity contribution in [2.24, 2.45) is 12.8 Å². The van der Waals surface area contributed by atoms with Gasteiger partial charge in [-0.15, -0.1) is 0 Å². The second kappa shape index (κ2) is 4.11. The maximum absolute atomic E-state index is 12.6. The molecular formula is C12H9F3N2O2. The molecule has 7 heteroatoms. The van der Waals surface area contributed by atoms with Gasteiger partial charge in [0.25, 0.3) is 11.5 Å². The SMILES string of the molecule is Cn1c(=O)c(C(N)=O)cc2ccc(C(F)(F)F)cc21. The number of alkyl halides is 3. The molecule has 0 atom stereocenters. The van der Waals surface area contributed by atoms with Gasteiger partial charge in [-0.3, -0.25) is 9.59 Å². The predicted molar refractivity (Wildman–Crippen MR) is 62.7 cm³/mol. The Labute approximate surface area is 105 Å². The number of hydrogen-bond acceptors (Lipinski definition) is 2. The van der Waals surface area contributed by atoms with E-state index in [0.29, 0.717) is 5.39 Å². The summed E-state index contributed by atoms with van der Waals surface area (Å²) in [6.45, 7) is 0. The fraction of sp³-hybridized carbons (Fsp3) is 0.167. The zero-order valence-electron chi connectivity index (χ0n) is 9.78. The van der Waals surface area contributed by atoms with E-state index in [1.165, 1.54) is 19.2 Å². The number of aryl methyl sites for hydroxylation is 1. The summed E-state index contributed by atoms with van der Waals surface area (Å²) >= 11 is 0. The molecule has 1 amide bonds. The fourth-order valence-corrected chi connectivity index (χ4v) is 1.82. The molecule has 0 radical (unpaired) electrons. The Morgan fingerprint density at radius 2 is 1.89 bits per heavy atom. The molecule has 1 aromatic heterocycles. The minimum Gasteiger partial charge on any atom is -0.365 e. The van der Waals surface area contributed by atoms with E-state index >= 15 is 0 Å². The summed E-state index contributed by atoms with van der Waals surface area (Å²) < 4.78 is 38.8. The first kappa shape index (κ1) is 13.1. The highest BCUT2D eigenvalue weighted by molar-refractivity contribution is 5.96. The van der Waals surface area contributed by atoms with Crippen molar-refractivity contribution in [3.63, 3.8) is 0 Å². The number of amides is 1. The molecule has 0 aliphatic carbocycles. The first-order valence-electron chi connectivity index (χ1n) is 5.22. The number of aromatic nitrogens is 1. The summed E-state index contributed by atoms with van der Waals surface area (Å²) in [5.41, 5.74) is 3.29. The van der Waals surface area contributed by atoms with Crippen LogP contribution in [0.4, 0.5) is 13.2 Å². The van der Waals surface area contributed by atoms with Gasteiger partial charge < -0.3 is 10.3 Å². The Kier molecular flexibility index (Phi) is 2.84. The summed E-state index contributed by atoms with van der Waals surface area (Å²) in [4.78, 5) is 22.8. The molecule has 1 aromatic carbocycles. The van der Waals surface area contributed by atoms with Crippen molar-refractivity contribution in [3.05, 3.63) is 45.7 Å². The normalized spacial score (nSPS) is 11.8. The highest BCUT2D eigenvalue weighted by Crippen LogP contribution is 2.31. The Bertz CT molecular complexity index is 732. The number of fused-ring (bicyclic) bond motifs is 1. The number of rotatable bonds is 1. The van der Waals surface area contributed by atoms with Gasteiger partial charge >= 0.3 is 6.18 Å². The van der Waals surface area contributed by atoms with Crippen LogP contribution in [-0.2, 0) is 13.2 Å². The summed E-state index contributed by atoms with van der Waals surface area (Å²) in [7, 11) is 1.29. The molecule has 0 spiro atoms. The van der Waals surface area contributed by atoms with Gasteiger partial charge in [-0.2, -0.15) is 13.2 Å². The minimum absolute atomic E-state index is 0.0878. The van der Waals surface area contributed by atoms with Crippen LogP contribution in [0.5, 0.6) is 0 Å². The number of nitrogens with two attached hydrogens (primary N) is 1. The van der Waals surface area contributed by atoms with E-state index in [2.05, 4.69) is 0 Å². The van der Waals surface area contributed by atoms with Crippen molar-refractivity contribution in [1.29, 1.82) is 0 Å². The molecule has 0 aliphatic heterocycles. The second-order valence-electron chi connectivity index (χ2n) is 4.06. The topological polar surface area (TPSA) is 65.1 Å². The minimum atomic E-state index is -4.49. The lowest BCUT2D eigenvalue weighted by atomic mass is 10.1. The van der Waals surface area contributed by atoms with Crippen LogP contribution in [0.3, 0.4) is 0 Å². The van der Waals surface area contributed by atoms with Crippen molar-refractivity contribution < 1.29 is 18.0 Å². The van der Waals surface area contributed by atoms with Gasteiger partial charge in [0, 0.05) is 7.05 Å². The number of halogens is 3. The molecule has 1 heterocycles. The van der Waals surface area contributed by atoms with E-state index in [-0.39, 0.29) is 11.1 Å². The first-order chi connectivity index (χ1) is 8.71. The van der Waals surface area contributed by atoms with E-state index < -0.39 is 23.2 Å². The Hall–Kier alpha value is -2.31. The summed E-state index contributed by atoms with van der Waals surface area (Å²) in [5, 5.41) is 0.337. The van der Waals surface area contributed by atoms with Gasteiger partial charge in [-0.25, -0.2) is 0 Å². The molecule has 0 unspecified atom stereocenters. The quantitative estimate of drug-likeness (QED) is 0.856. The largest absolute Gasteiger partial charge is 0.416 e. The molecule has 0 bridgehead atoms. The van der Waals surface area contributed by atoms with Crippen LogP contribution in [0.2, 0.25) is 0 Å². The maximum atomic E-state index is 12.6. The smallest absolute Gasteiger partial charge is 0.365 e. The summed E-state index contributed by atoms with van der Waals surface area (Å²) in [6.07, 6.45) is -4.49. The molecule has 2 aromatic rings. The van der Waals surface area contributed by atoms with Crippen molar-refractivity contribution in [1.82, 2.24) is 4.57 Å². The van der Waals surface area contributed by atoms with Gasteiger partial charge in [-0.1, -0.05) is 6.07 Å². The average molecular weight is 270 g/mol. The number of carbonyl (C=O) groups is 1. The molecule has 0 saturated carbocycles. The van der Waals surface area contributed by atoms with E-state index in [9.17, 15) is 22.8 Å². The molecule has 2 N–H and O–H groups in total. The Balaban J connectivity index is 2.83. The number of nitrogens with zero attached hydrogens (tertiary/aromatic N) is 1. The lowest BCUT2D eigenvalue weighted by Crippen LogP contribution is -2.28. The maximum Gasteiger partial charge on any atom is 0.416 e. The van der Waals surface area contributed by atoms with Crippen molar-refractivity contribution in [3.8, 4) is 0 Å². The number of benzene rings is 1. The van der Waals surface area contributed by atoms with Gasteiger partial charge in [-0.05, 0) is 23.6 Å².